The van der Waals surface area contributed by atoms with Crippen molar-refractivity contribution >= 4 is 37.2 Å². The summed E-state index contributed by atoms with van der Waals surface area (Å²) in [4.78, 5) is 11.0. The lowest BCUT2D eigenvalue weighted by atomic mass is 10.3. The number of urea groups is 1. The Bertz CT molecular complexity index is 676. The van der Waals surface area contributed by atoms with Gasteiger partial charge in [-0.2, -0.15) is 0 Å². The molecule has 2 amide bonds. The summed E-state index contributed by atoms with van der Waals surface area (Å²) in [6.07, 6.45) is 2.50. The summed E-state index contributed by atoms with van der Waals surface area (Å²) in [6.45, 7) is 2.28. The molecule has 2 N–H and O–H groups in total. The molecule has 1 aromatic heterocycles. The zero-order chi connectivity index (χ0) is 15.4. The van der Waals surface area contributed by atoms with Crippen molar-refractivity contribution in [3.63, 3.8) is 0 Å². The number of carbonyl (C=O) groups excluding carboxylic acids is 1. The summed E-state index contributed by atoms with van der Waals surface area (Å²) in [5.41, 5.74) is 0. The third-order valence-electron chi connectivity index (χ3n) is 2.26. The van der Waals surface area contributed by atoms with Gasteiger partial charge < -0.3 is 5.32 Å². The minimum absolute atomic E-state index is 0.286. The minimum Gasteiger partial charge on any atom is -0.337 e. The van der Waals surface area contributed by atoms with Crippen LogP contribution in [0.3, 0.4) is 0 Å². The average molecular weight is 340 g/mol. The Morgan fingerprint density at radius 1 is 1.30 bits per heavy atom. The molecule has 0 atom stereocenters. The third-order valence-corrected chi connectivity index (χ3v) is 6.69. The molecule has 20 heavy (non-hydrogen) atoms. The molecule has 0 aliphatic heterocycles. The molecule has 0 unspecified atom stereocenters. The van der Waals surface area contributed by atoms with Gasteiger partial charge in [0.25, 0.3) is 10.0 Å². The fourth-order valence-electron chi connectivity index (χ4n) is 1.34. The molecule has 0 bridgehead atoms. The maximum absolute atomic E-state index is 12.0. The first-order chi connectivity index (χ1) is 9.18. The van der Waals surface area contributed by atoms with E-state index < -0.39 is 30.8 Å². The van der Waals surface area contributed by atoms with Crippen LogP contribution in [0.15, 0.2) is 20.6 Å². The zero-order valence-electron chi connectivity index (χ0n) is 11.0. The first kappa shape index (κ1) is 16.9. The molecule has 0 aromatic carbocycles. The molecule has 1 rings (SSSR count). The molecule has 10 heteroatoms. The summed E-state index contributed by atoms with van der Waals surface area (Å²) < 4.78 is 48.4. The van der Waals surface area contributed by atoms with Crippen LogP contribution in [0.25, 0.3) is 0 Å². The van der Waals surface area contributed by atoms with Crippen LogP contribution >= 0.6 is 11.3 Å². The van der Waals surface area contributed by atoms with E-state index >= 15 is 0 Å². The van der Waals surface area contributed by atoms with Crippen molar-refractivity contribution in [2.75, 3.05) is 12.8 Å². The van der Waals surface area contributed by atoms with Gasteiger partial charge in [0.15, 0.2) is 9.84 Å². The topological polar surface area (TPSA) is 109 Å². The predicted octanol–water partition coefficient (Wildman–Crippen LogP) is 0.940. The fraction of sp³-hybridized carbons (Fsp3) is 0.500. The lowest BCUT2D eigenvalue weighted by Crippen LogP contribution is -2.39. The molecule has 7 nitrogen and oxygen atoms in total. The van der Waals surface area contributed by atoms with Crippen LogP contribution in [-0.2, 0) is 19.9 Å². The summed E-state index contributed by atoms with van der Waals surface area (Å²) in [5.74, 6) is 0. The maximum atomic E-state index is 12.0. The van der Waals surface area contributed by atoms with Crippen LogP contribution in [0.4, 0.5) is 4.79 Å². The SMILES string of the molecule is CCCCNC(=O)NS(=O)(=O)c1ccsc1S(C)(=O)=O. The number of hydrogen-bond donors (Lipinski definition) is 2. The number of amides is 2. The van der Waals surface area contributed by atoms with E-state index in [2.05, 4.69) is 5.32 Å². The normalized spacial score (nSPS) is 12.1. The highest BCUT2D eigenvalue weighted by Crippen LogP contribution is 2.26. The molecule has 0 saturated carbocycles. The number of rotatable bonds is 6. The van der Waals surface area contributed by atoms with Gasteiger partial charge in [-0.1, -0.05) is 13.3 Å². The summed E-state index contributed by atoms with van der Waals surface area (Å²) in [6, 6.07) is 0.284. The molecular formula is C10H16N2O5S3. The number of unbranched alkanes of at least 4 members (excludes halogenated alkanes) is 1. The summed E-state index contributed by atoms with van der Waals surface area (Å²) >= 11 is 0.793. The van der Waals surface area contributed by atoms with Gasteiger partial charge in [-0.3, -0.25) is 0 Å². The van der Waals surface area contributed by atoms with Gasteiger partial charge in [-0.15, -0.1) is 11.3 Å². The highest BCUT2D eigenvalue weighted by atomic mass is 32.2. The van der Waals surface area contributed by atoms with Crippen molar-refractivity contribution in [1.29, 1.82) is 0 Å². The smallest absolute Gasteiger partial charge is 0.328 e. The van der Waals surface area contributed by atoms with Gasteiger partial charge in [0.1, 0.15) is 9.10 Å². The lowest BCUT2D eigenvalue weighted by molar-refractivity contribution is 0.245. The van der Waals surface area contributed by atoms with Crippen LogP contribution < -0.4 is 10.0 Å². The number of sulfone groups is 1. The van der Waals surface area contributed by atoms with Crippen molar-refractivity contribution in [3.05, 3.63) is 11.4 Å². The van der Waals surface area contributed by atoms with Crippen LogP contribution in [0.5, 0.6) is 0 Å². The highest BCUT2D eigenvalue weighted by Gasteiger charge is 2.26. The number of carbonyl (C=O) groups is 1. The number of thiophene rings is 1. The van der Waals surface area contributed by atoms with E-state index in [1.807, 2.05) is 6.92 Å². The molecule has 1 aromatic rings. The lowest BCUT2D eigenvalue weighted by Gasteiger charge is -2.08. The zero-order valence-corrected chi connectivity index (χ0v) is 13.5. The molecule has 0 spiro atoms. The Balaban J connectivity index is 2.91. The average Bonchev–Trinajstić information content (AvgIpc) is 2.77. The van der Waals surface area contributed by atoms with Crippen LogP contribution in [0.1, 0.15) is 19.8 Å². The van der Waals surface area contributed by atoms with E-state index in [0.717, 1.165) is 36.5 Å². The molecule has 0 saturated heterocycles. The van der Waals surface area contributed by atoms with E-state index in [4.69, 9.17) is 0 Å². The molecular weight excluding hydrogens is 324 g/mol. The summed E-state index contributed by atoms with van der Waals surface area (Å²) in [7, 11) is -7.86. The van der Waals surface area contributed by atoms with Crippen LogP contribution in [0.2, 0.25) is 0 Å². The molecule has 1 heterocycles. The quantitative estimate of drug-likeness (QED) is 0.749. The van der Waals surface area contributed by atoms with E-state index in [0.29, 0.717) is 6.54 Å². The van der Waals surface area contributed by atoms with Crippen molar-refractivity contribution in [3.8, 4) is 0 Å². The van der Waals surface area contributed by atoms with Gasteiger partial charge in [0.05, 0.1) is 0 Å². The molecule has 0 aliphatic rings. The highest BCUT2D eigenvalue weighted by molar-refractivity contribution is 7.95. The maximum Gasteiger partial charge on any atom is 0.328 e. The first-order valence-electron chi connectivity index (χ1n) is 5.76. The molecule has 0 radical (unpaired) electrons. The monoisotopic (exact) mass is 340 g/mol. The Kier molecular flexibility index (Phi) is 5.54. The number of sulfonamides is 1. The Hall–Kier alpha value is -1.13. The first-order valence-corrected chi connectivity index (χ1v) is 10.0. The second-order valence-electron chi connectivity index (χ2n) is 4.06. The third kappa shape index (κ3) is 4.46. The molecule has 0 aliphatic carbocycles. The second kappa shape index (κ2) is 6.55. The van der Waals surface area contributed by atoms with E-state index in [1.54, 1.807) is 4.72 Å². The standard InChI is InChI=1S/C10H16N2O5S3/c1-3-4-6-11-10(13)12-20(16,17)8-5-7-18-9(8)19(2,14)15/h5,7H,3-4,6H2,1-2H3,(H2,11,12,13). The van der Waals surface area contributed by atoms with Gasteiger partial charge in [-0.25, -0.2) is 26.4 Å². The van der Waals surface area contributed by atoms with Crippen LogP contribution in [0, 0.1) is 0 Å². The largest absolute Gasteiger partial charge is 0.337 e. The van der Waals surface area contributed by atoms with E-state index in [9.17, 15) is 21.6 Å². The Labute approximate surface area is 122 Å². The second-order valence-corrected chi connectivity index (χ2v) is 8.84. The Morgan fingerprint density at radius 3 is 2.50 bits per heavy atom. The van der Waals surface area contributed by atoms with Gasteiger partial charge in [0, 0.05) is 12.8 Å². The van der Waals surface area contributed by atoms with E-state index in [1.165, 1.54) is 5.38 Å². The van der Waals surface area contributed by atoms with Crippen molar-refractivity contribution in [1.82, 2.24) is 10.0 Å². The van der Waals surface area contributed by atoms with Crippen molar-refractivity contribution in [2.45, 2.75) is 28.9 Å². The Morgan fingerprint density at radius 2 is 1.95 bits per heavy atom. The van der Waals surface area contributed by atoms with Crippen molar-refractivity contribution in [2.24, 2.45) is 0 Å². The number of hydrogen-bond acceptors (Lipinski definition) is 6. The molecule has 114 valence electrons. The van der Waals surface area contributed by atoms with Crippen LogP contribution in [-0.4, -0.2) is 35.7 Å². The van der Waals surface area contributed by atoms with Gasteiger partial charge in [-0.05, 0) is 17.9 Å². The molecule has 0 fully saturated rings. The van der Waals surface area contributed by atoms with E-state index in [-0.39, 0.29) is 4.21 Å². The minimum atomic E-state index is -4.20. The van der Waals surface area contributed by atoms with Crippen molar-refractivity contribution < 1.29 is 21.6 Å². The van der Waals surface area contributed by atoms with Gasteiger partial charge in [0.2, 0.25) is 0 Å². The predicted molar refractivity (Wildman–Crippen MR) is 76.1 cm³/mol. The van der Waals surface area contributed by atoms with Gasteiger partial charge >= 0.3 is 6.03 Å². The summed E-state index contributed by atoms with van der Waals surface area (Å²) in [5, 5.41) is 3.73. The number of nitrogens with one attached hydrogen (secondary N) is 2. The fourth-order valence-corrected chi connectivity index (χ4v) is 5.39.